The zero-order chi connectivity index (χ0) is 30.6. The molecule has 0 aliphatic carbocycles. The van der Waals surface area contributed by atoms with Gasteiger partial charge >= 0.3 is 5.97 Å². The van der Waals surface area contributed by atoms with Crippen molar-refractivity contribution in [3.05, 3.63) is 0 Å². The quantitative estimate of drug-likeness (QED) is 0.254. The maximum absolute atomic E-state index is 12.0. The summed E-state index contributed by atoms with van der Waals surface area (Å²) in [5.74, 6) is -0.380. The number of ether oxygens (including phenoxy) is 5. The van der Waals surface area contributed by atoms with Crippen molar-refractivity contribution in [3.8, 4) is 0 Å². The first-order valence-corrected chi connectivity index (χ1v) is 16.6. The fourth-order valence-corrected chi connectivity index (χ4v) is 7.97. The molecule has 0 bridgehead atoms. The number of carbonyl (C=O) groups excluding carboxylic acids is 1. The number of fused-ring (bicyclic) bond motifs is 1. The smallest absolute Gasteiger partial charge is 0.303 e. The Morgan fingerprint density at radius 2 is 1.54 bits per heavy atom. The summed E-state index contributed by atoms with van der Waals surface area (Å²) in [4.78, 5) is 12.4. The van der Waals surface area contributed by atoms with Crippen LogP contribution in [-0.4, -0.2) is 85.1 Å². The third-order valence-corrected chi connectivity index (χ3v) is 12.1. The van der Waals surface area contributed by atoms with Crippen LogP contribution >= 0.6 is 15.9 Å². The molecule has 4 aliphatic rings. The minimum atomic E-state index is -1.12. The van der Waals surface area contributed by atoms with Gasteiger partial charge in [-0.05, 0) is 120 Å². The highest BCUT2D eigenvalue weighted by atomic mass is 79.9. The van der Waals surface area contributed by atoms with Gasteiger partial charge < -0.3 is 33.9 Å². The maximum atomic E-state index is 12.0. The van der Waals surface area contributed by atoms with Gasteiger partial charge in [0.05, 0.1) is 52.4 Å². The Bertz CT molecular complexity index is 948. The molecular formula is C32H55BrO8. The Labute approximate surface area is 255 Å². The molecule has 41 heavy (non-hydrogen) atoms. The molecule has 0 aromatic heterocycles. The fourth-order valence-electron chi connectivity index (χ4n) is 7.64. The summed E-state index contributed by atoms with van der Waals surface area (Å²) in [6.45, 7) is 17.2. The van der Waals surface area contributed by atoms with Crippen molar-refractivity contribution >= 4 is 21.9 Å². The number of alkyl halides is 1. The van der Waals surface area contributed by atoms with Crippen LogP contribution < -0.4 is 0 Å². The number of hydrogen-bond acceptors (Lipinski definition) is 8. The molecule has 4 rings (SSSR count). The Morgan fingerprint density at radius 1 is 0.902 bits per heavy atom. The molecule has 0 amide bonds. The number of halogens is 1. The first kappa shape index (κ1) is 33.6. The highest BCUT2D eigenvalue weighted by Crippen LogP contribution is 2.49. The van der Waals surface area contributed by atoms with Crippen molar-refractivity contribution in [2.24, 2.45) is 0 Å². The average Bonchev–Trinajstić information content (AvgIpc) is 3.26. The van der Waals surface area contributed by atoms with Crippen molar-refractivity contribution in [3.63, 3.8) is 0 Å². The molecule has 10 atom stereocenters. The Hall–Kier alpha value is -0.290. The van der Waals surface area contributed by atoms with E-state index in [9.17, 15) is 15.0 Å². The molecule has 9 heteroatoms. The summed E-state index contributed by atoms with van der Waals surface area (Å²) < 4.78 is 32.1. The maximum Gasteiger partial charge on any atom is 0.303 e. The van der Waals surface area contributed by atoms with Crippen LogP contribution in [-0.2, 0) is 28.5 Å². The number of aliphatic hydroxyl groups is 2. The van der Waals surface area contributed by atoms with E-state index in [2.05, 4.69) is 43.6 Å². The van der Waals surface area contributed by atoms with Gasteiger partial charge in [-0.1, -0.05) is 15.9 Å². The fraction of sp³-hybridized carbons (Fsp3) is 0.969. The van der Waals surface area contributed by atoms with E-state index in [4.69, 9.17) is 23.7 Å². The largest absolute Gasteiger partial charge is 0.459 e. The van der Waals surface area contributed by atoms with Crippen molar-refractivity contribution in [2.45, 2.75) is 195 Å². The van der Waals surface area contributed by atoms with E-state index in [-0.39, 0.29) is 41.6 Å². The molecule has 0 unspecified atom stereocenters. The molecule has 0 spiro atoms. The summed E-state index contributed by atoms with van der Waals surface area (Å²) in [5, 5.41) is 22.2. The summed E-state index contributed by atoms with van der Waals surface area (Å²) in [6, 6.07) is 0. The highest BCUT2D eigenvalue weighted by molar-refractivity contribution is 9.09. The molecule has 2 N–H and O–H groups in total. The second-order valence-electron chi connectivity index (χ2n) is 15.3. The molecular weight excluding hydrogens is 592 g/mol. The van der Waals surface area contributed by atoms with Crippen LogP contribution in [0.2, 0.25) is 0 Å². The third kappa shape index (κ3) is 7.18. The minimum absolute atomic E-state index is 0.00452. The second kappa shape index (κ2) is 11.6. The average molecular weight is 648 g/mol. The van der Waals surface area contributed by atoms with Crippen LogP contribution in [0, 0.1) is 0 Å². The Morgan fingerprint density at radius 3 is 2.12 bits per heavy atom. The van der Waals surface area contributed by atoms with Crippen LogP contribution in [0.15, 0.2) is 0 Å². The monoisotopic (exact) mass is 646 g/mol. The van der Waals surface area contributed by atoms with Gasteiger partial charge in [0.2, 0.25) is 0 Å². The van der Waals surface area contributed by atoms with Gasteiger partial charge in [-0.2, -0.15) is 0 Å². The summed E-state index contributed by atoms with van der Waals surface area (Å²) >= 11 is 3.79. The van der Waals surface area contributed by atoms with E-state index >= 15 is 0 Å². The summed E-state index contributed by atoms with van der Waals surface area (Å²) in [7, 11) is 0. The van der Waals surface area contributed by atoms with Gasteiger partial charge in [0.1, 0.15) is 11.7 Å². The van der Waals surface area contributed by atoms with E-state index in [1.807, 2.05) is 13.8 Å². The molecule has 4 aliphatic heterocycles. The first-order chi connectivity index (χ1) is 18.7. The lowest BCUT2D eigenvalue weighted by Crippen LogP contribution is -2.63. The van der Waals surface area contributed by atoms with Crippen LogP contribution in [0.25, 0.3) is 0 Å². The molecule has 0 aromatic rings. The van der Waals surface area contributed by atoms with Crippen LogP contribution in [0.5, 0.6) is 0 Å². The van der Waals surface area contributed by atoms with Crippen molar-refractivity contribution in [1.82, 2.24) is 0 Å². The Balaban J connectivity index is 1.38. The van der Waals surface area contributed by atoms with Gasteiger partial charge in [-0.15, -0.1) is 0 Å². The number of rotatable bonds is 8. The lowest BCUT2D eigenvalue weighted by molar-refractivity contribution is -0.301. The standard InChI is InChI=1S/C32H55BrO8/c1-20(34)37-25(31(8)18-14-22(39-31)27(2,3)35)13-16-29(6,36)23-10-11-24-30(7,40-23)19-15-26(38-24)32(9)17-12-21(33)28(4,5)41-32/h21-26,35-36H,10-19H2,1-9H3/t21-,22-,23-,24-,25+,26-,29+,30+,31-,32+/m1/s1. The lowest BCUT2D eigenvalue weighted by Gasteiger charge is -2.56. The molecule has 4 fully saturated rings. The number of hydrogen-bond donors (Lipinski definition) is 2. The predicted molar refractivity (Wildman–Crippen MR) is 160 cm³/mol. The SMILES string of the molecule is CC(=O)O[C@@H](CC[C@](C)(O)[C@H]1CC[C@H]2O[C@@H]([C@]3(C)CC[C@@H](Br)C(C)(C)O3)CC[C@]2(C)O1)[C@@]1(C)CC[C@H](C(C)(C)O)O1. The van der Waals surface area contributed by atoms with Gasteiger partial charge in [-0.25, -0.2) is 0 Å². The minimum Gasteiger partial charge on any atom is -0.459 e. The van der Waals surface area contributed by atoms with Crippen molar-refractivity contribution < 1.29 is 38.7 Å². The second-order valence-corrected chi connectivity index (χ2v) is 16.4. The normalized spacial score (nSPS) is 43.6. The molecule has 0 aromatic carbocycles. The molecule has 4 saturated heterocycles. The van der Waals surface area contributed by atoms with Gasteiger partial charge in [0.25, 0.3) is 0 Å². The van der Waals surface area contributed by atoms with Gasteiger partial charge in [-0.3, -0.25) is 4.79 Å². The van der Waals surface area contributed by atoms with Crippen LogP contribution in [0.3, 0.4) is 0 Å². The first-order valence-electron chi connectivity index (χ1n) is 15.7. The van der Waals surface area contributed by atoms with Gasteiger partial charge in [0, 0.05) is 11.8 Å². The van der Waals surface area contributed by atoms with Crippen LogP contribution in [0.1, 0.15) is 127 Å². The highest BCUT2D eigenvalue weighted by Gasteiger charge is 2.56. The number of carbonyl (C=O) groups is 1. The van der Waals surface area contributed by atoms with E-state index in [1.165, 1.54) is 6.92 Å². The summed E-state index contributed by atoms with van der Waals surface area (Å²) in [5.41, 5.74) is -3.93. The zero-order valence-corrected chi connectivity index (χ0v) is 28.3. The van der Waals surface area contributed by atoms with Crippen molar-refractivity contribution in [1.29, 1.82) is 0 Å². The molecule has 0 saturated carbocycles. The summed E-state index contributed by atoms with van der Waals surface area (Å²) in [6.07, 6.45) is 6.02. The van der Waals surface area contributed by atoms with Crippen LogP contribution in [0.4, 0.5) is 0 Å². The van der Waals surface area contributed by atoms with E-state index < -0.39 is 28.5 Å². The molecule has 238 valence electrons. The molecule has 4 heterocycles. The molecule has 0 radical (unpaired) electrons. The topological polar surface area (TPSA) is 104 Å². The van der Waals surface area contributed by atoms with Crippen molar-refractivity contribution in [2.75, 3.05) is 0 Å². The van der Waals surface area contributed by atoms with Gasteiger partial charge in [0.15, 0.2) is 0 Å². The number of esters is 1. The lowest BCUT2D eigenvalue weighted by atomic mass is 9.75. The van der Waals surface area contributed by atoms with E-state index in [1.54, 1.807) is 13.8 Å². The Kier molecular flexibility index (Phi) is 9.48. The molecule has 8 nitrogen and oxygen atoms in total. The zero-order valence-electron chi connectivity index (χ0n) is 26.8. The van der Waals surface area contributed by atoms with E-state index in [0.29, 0.717) is 36.9 Å². The third-order valence-electron chi connectivity index (χ3n) is 10.5. The predicted octanol–water partition coefficient (Wildman–Crippen LogP) is 5.75. The van der Waals surface area contributed by atoms with E-state index in [0.717, 1.165) is 32.1 Å².